The zero-order valence-corrected chi connectivity index (χ0v) is 35.3. The molecule has 0 radical (unpaired) electrons. The number of anilines is 3. The molecule has 13 rings (SSSR count). The largest absolute Gasteiger partial charge is 0.435 e. The summed E-state index contributed by atoms with van der Waals surface area (Å²) in [6.07, 6.45) is 0. The van der Waals surface area contributed by atoms with Gasteiger partial charge in [0.1, 0.15) is 5.52 Å². The van der Waals surface area contributed by atoms with E-state index < -0.39 is 0 Å². The van der Waals surface area contributed by atoms with Crippen molar-refractivity contribution in [2.75, 3.05) is 4.90 Å². The molecule has 0 unspecified atom stereocenters. The minimum absolute atomic E-state index is 0.635. The second kappa shape index (κ2) is 15.0. The van der Waals surface area contributed by atoms with Crippen LogP contribution in [0.5, 0.6) is 0 Å². The Kier molecular flexibility index (Phi) is 8.50. The van der Waals surface area contributed by atoms with Crippen LogP contribution in [0, 0.1) is 0 Å². The Balaban J connectivity index is 0.929. The van der Waals surface area contributed by atoms with E-state index >= 15 is 0 Å². The van der Waals surface area contributed by atoms with E-state index in [2.05, 4.69) is 216 Å². The van der Waals surface area contributed by atoms with Gasteiger partial charge < -0.3 is 13.9 Å². The topological polar surface area (TPSA) is 34.2 Å². The molecule has 4 nitrogen and oxygen atoms in total. The van der Waals surface area contributed by atoms with Crippen LogP contribution in [0.2, 0.25) is 0 Å². The third-order valence-electron chi connectivity index (χ3n) is 13.0. The summed E-state index contributed by atoms with van der Waals surface area (Å²) in [5.41, 5.74) is 14.1. The Labute approximate surface area is 375 Å². The molecule has 0 aliphatic rings. The zero-order chi connectivity index (χ0) is 42.8. The lowest BCUT2D eigenvalue weighted by molar-refractivity contribution is 0.623. The summed E-state index contributed by atoms with van der Waals surface area (Å²) >= 11 is 0. The molecule has 0 amide bonds. The molecule has 2 aromatic heterocycles. The second-order valence-electron chi connectivity index (χ2n) is 16.7. The highest BCUT2D eigenvalue weighted by atomic mass is 16.3. The number of rotatable bonds is 7. The zero-order valence-electron chi connectivity index (χ0n) is 35.3. The molecule has 13 aromatic rings. The molecule has 11 aromatic carbocycles. The van der Waals surface area contributed by atoms with Gasteiger partial charge in [-0.1, -0.05) is 152 Å². The summed E-state index contributed by atoms with van der Waals surface area (Å²) in [6.45, 7) is 0. The van der Waals surface area contributed by atoms with Gasteiger partial charge in [0.25, 0.3) is 0 Å². The maximum Gasteiger partial charge on any atom is 0.227 e. The highest BCUT2D eigenvalue weighted by molar-refractivity contribution is 6.16. The van der Waals surface area contributed by atoms with Crippen molar-refractivity contribution < 1.29 is 4.42 Å². The Morgan fingerprint density at radius 3 is 1.77 bits per heavy atom. The van der Waals surface area contributed by atoms with Crippen LogP contribution in [0.25, 0.3) is 105 Å². The van der Waals surface area contributed by atoms with Crippen molar-refractivity contribution in [3.63, 3.8) is 0 Å². The Hall–Kier alpha value is -8.73. The number of nitrogens with zero attached hydrogens (tertiary/aromatic N) is 3. The van der Waals surface area contributed by atoms with Gasteiger partial charge in [-0.15, -0.1) is 0 Å². The maximum atomic E-state index is 6.44. The Morgan fingerprint density at radius 2 is 0.954 bits per heavy atom. The first-order valence-corrected chi connectivity index (χ1v) is 22.1. The molecule has 0 saturated carbocycles. The molecule has 0 fully saturated rings. The van der Waals surface area contributed by atoms with Crippen LogP contribution in [0.15, 0.2) is 241 Å². The van der Waals surface area contributed by atoms with E-state index in [0.717, 1.165) is 66.8 Å². The monoisotopic (exact) mass is 829 g/mol. The van der Waals surface area contributed by atoms with E-state index in [1.54, 1.807) is 0 Å². The highest BCUT2D eigenvalue weighted by Gasteiger charge is 2.19. The smallest absolute Gasteiger partial charge is 0.227 e. The van der Waals surface area contributed by atoms with Crippen molar-refractivity contribution in [2.24, 2.45) is 0 Å². The van der Waals surface area contributed by atoms with Crippen molar-refractivity contribution in [1.29, 1.82) is 0 Å². The number of aromatic nitrogens is 2. The quantitative estimate of drug-likeness (QED) is 0.150. The van der Waals surface area contributed by atoms with E-state index in [-0.39, 0.29) is 0 Å². The van der Waals surface area contributed by atoms with Crippen LogP contribution in [0.3, 0.4) is 0 Å². The van der Waals surface area contributed by atoms with Crippen LogP contribution >= 0.6 is 0 Å². The fraction of sp³-hybridized carbons (Fsp3) is 0. The predicted molar refractivity (Wildman–Crippen MR) is 272 cm³/mol. The first-order valence-electron chi connectivity index (χ1n) is 22.1. The molecular formula is C61H39N3O. The number of benzene rings is 11. The summed E-state index contributed by atoms with van der Waals surface area (Å²) < 4.78 is 8.82. The number of oxazole rings is 1. The van der Waals surface area contributed by atoms with Crippen molar-refractivity contribution in [1.82, 2.24) is 9.55 Å². The molecule has 65 heavy (non-hydrogen) atoms. The van der Waals surface area contributed by atoms with Gasteiger partial charge in [0.05, 0.1) is 11.0 Å². The standard InChI is InChI=1S/C61H39N3O/c1-3-13-44(14-4-1)61-62-57-37-36-52-55(60(57)65-61)34-28-43-22-23-45(38-56(43)52)40-24-29-47(30-25-40)63(48-31-26-42(27-32-48)51-20-11-15-41-12-7-8-18-50(41)51)49-33-35-54-53-19-9-10-21-58(53)64(59(54)39-49)46-16-5-2-6-17-46/h1-39H. The van der Waals surface area contributed by atoms with E-state index in [1.807, 2.05) is 30.3 Å². The fourth-order valence-electron chi connectivity index (χ4n) is 9.87. The van der Waals surface area contributed by atoms with Gasteiger partial charge in [-0.2, -0.15) is 0 Å². The van der Waals surface area contributed by atoms with Gasteiger partial charge in [-0.25, -0.2) is 4.98 Å². The molecule has 0 N–H and O–H groups in total. The molecule has 0 saturated heterocycles. The molecular weight excluding hydrogens is 791 g/mol. The minimum Gasteiger partial charge on any atom is -0.435 e. The first kappa shape index (κ1) is 36.9. The van der Waals surface area contributed by atoms with Gasteiger partial charge in [0, 0.05) is 44.5 Å². The molecule has 0 aliphatic carbocycles. The summed E-state index contributed by atoms with van der Waals surface area (Å²) in [5, 5.41) is 9.51. The number of hydrogen-bond donors (Lipinski definition) is 0. The van der Waals surface area contributed by atoms with E-state index in [0.29, 0.717) is 5.89 Å². The van der Waals surface area contributed by atoms with Gasteiger partial charge in [-0.05, 0) is 134 Å². The van der Waals surface area contributed by atoms with Crippen LogP contribution in [-0.2, 0) is 0 Å². The van der Waals surface area contributed by atoms with Crippen LogP contribution in [0.4, 0.5) is 17.1 Å². The molecule has 0 aliphatic heterocycles. The lowest BCUT2D eigenvalue weighted by Gasteiger charge is -2.26. The lowest BCUT2D eigenvalue weighted by Crippen LogP contribution is -2.10. The second-order valence-corrected chi connectivity index (χ2v) is 16.7. The first-order chi connectivity index (χ1) is 32.2. The molecule has 0 spiro atoms. The molecule has 4 heteroatoms. The summed E-state index contributed by atoms with van der Waals surface area (Å²) in [4.78, 5) is 7.22. The van der Waals surface area contributed by atoms with E-state index in [4.69, 9.17) is 9.40 Å². The molecule has 2 heterocycles. The average molecular weight is 830 g/mol. The number of hydrogen-bond acceptors (Lipinski definition) is 3. The normalized spacial score (nSPS) is 11.7. The van der Waals surface area contributed by atoms with Crippen molar-refractivity contribution >= 4 is 82.3 Å². The van der Waals surface area contributed by atoms with Gasteiger partial charge in [0.2, 0.25) is 5.89 Å². The molecule has 304 valence electrons. The highest BCUT2D eigenvalue weighted by Crippen LogP contribution is 2.42. The van der Waals surface area contributed by atoms with E-state index in [1.165, 1.54) is 49.0 Å². The fourth-order valence-corrected chi connectivity index (χ4v) is 9.87. The average Bonchev–Trinajstić information content (AvgIpc) is 3.97. The van der Waals surface area contributed by atoms with Gasteiger partial charge >= 0.3 is 0 Å². The SMILES string of the molecule is c1ccc(-c2nc3ccc4c5cc(-c6ccc(N(c7ccc(-c8cccc9ccccc89)cc7)c7ccc8c9ccccc9n(-c9ccccc9)c8c7)cc6)ccc5ccc4c3o2)cc1. The van der Waals surface area contributed by atoms with Gasteiger partial charge in [0.15, 0.2) is 5.58 Å². The Morgan fingerprint density at radius 1 is 0.354 bits per heavy atom. The minimum atomic E-state index is 0.635. The van der Waals surface area contributed by atoms with Crippen molar-refractivity contribution in [3.05, 3.63) is 237 Å². The van der Waals surface area contributed by atoms with Crippen molar-refractivity contribution in [3.8, 4) is 39.4 Å². The summed E-state index contributed by atoms with van der Waals surface area (Å²) in [7, 11) is 0. The summed E-state index contributed by atoms with van der Waals surface area (Å²) in [5.74, 6) is 0.635. The van der Waals surface area contributed by atoms with Crippen molar-refractivity contribution in [2.45, 2.75) is 0 Å². The van der Waals surface area contributed by atoms with Crippen LogP contribution < -0.4 is 4.90 Å². The summed E-state index contributed by atoms with van der Waals surface area (Å²) in [6, 6.07) is 84.9. The molecule has 0 atom stereocenters. The number of fused-ring (bicyclic) bond motifs is 9. The van der Waals surface area contributed by atoms with E-state index in [9.17, 15) is 0 Å². The predicted octanol–water partition coefficient (Wildman–Crippen LogP) is 16.9. The Bertz CT molecular complexity index is 3920. The van der Waals surface area contributed by atoms with Crippen LogP contribution in [0.1, 0.15) is 0 Å². The third kappa shape index (κ3) is 6.18. The molecule has 0 bridgehead atoms. The van der Waals surface area contributed by atoms with Gasteiger partial charge in [-0.3, -0.25) is 0 Å². The maximum absolute atomic E-state index is 6.44. The number of para-hydroxylation sites is 2. The lowest BCUT2D eigenvalue weighted by atomic mass is 9.96. The van der Waals surface area contributed by atoms with Crippen LogP contribution in [-0.4, -0.2) is 9.55 Å². The third-order valence-corrected chi connectivity index (χ3v) is 13.0.